The fraction of sp³-hybridized carbons (Fsp3) is 0.130. The maximum absolute atomic E-state index is 12.7. The molecule has 2 N–H and O–H groups in total. The van der Waals surface area contributed by atoms with Crippen LogP contribution in [-0.4, -0.2) is 29.1 Å². The van der Waals surface area contributed by atoms with Gasteiger partial charge in [-0.2, -0.15) is 0 Å². The number of ether oxygens (including phenoxy) is 1. The van der Waals surface area contributed by atoms with E-state index in [4.69, 9.17) is 9.15 Å². The van der Waals surface area contributed by atoms with Crippen LogP contribution in [0.15, 0.2) is 76.1 Å². The van der Waals surface area contributed by atoms with Crippen LogP contribution in [0.25, 0.3) is 21.8 Å². The quantitative estimate of drug-likeness (QED) is 0.356. The van der Waals surface area contributed by atoms with Crippen LogP contribution >= 0.6 is 0 Å². The van der Waals surface area contributed by atoms with Gasteiger partial charge in [-0.05, 0) is 36.4 Å². The van der Waals surface area contributed by atoms with E-state index in [1.807, 2.05) is 0 Å². The van der Waals surface area contributed by atoms with Crippen molar-refractivity contribution in [2.75, 3.05) is 6.61 Å². The first kappa shape index (κ1) is 20.9. The molecule has 2 aromatic heterocycles. The van der Waals surface area contributed by atoms with Crippen LogP contribution in [0.3, 0.4) is 0 Å². The van der Waals surface area contributed by atoms with Gasteiger partial charge in [0, 0.05) is 10.8 Å². The number of hydrogen-bond acceptors (Lipinski definition) is 6. The van der Waals surface area contributed by atoms with E-state index < -0.39 is 24.5 Å². The summed E-state index contributed by atoms with van der Waals surface area (Å²) < 4.78 is 11.8. The van der Waals surface area contributed by atoms with E-state index in [0.717, 1.165) is 0 Å². The highest BCUT2D eigenvalue weighted by molar-refractivity contribution is 5.96. The molecule has 0 aliphatic heterocycles. The molecule has 9 heteroatoms. The number of aromatic nitrogens is 1. The fourth-order valence-corrected chi connectivity index (χ4v) is 3.36. The molecule has 32 heavy (non-hydrogen) atoms. The SMILES string of the molecule is O=C(COC(=O)Cn1c2ccccc2c(=O)c2ccccc21)NC(=O)NCc1ccco1. The molecule has 0 bridgehead atoms. The van der Waals surface area contributed by atoms with Crippen molar-refractivity contribution in [3.63, 3.8) is 0 Å². The molecule has 0 radical (unpaired) electrons. The molecule has 0 spiro atoms. The summed E-state index contributed by atoms with van der Waals surface area (Å²) in [4.78, 5) is 48.9. The van der Waals surface area contributed by atoms with Crippen molar-refractivity contribution in [2.45, 2.75) is 13.1 Å². The molecule has 0 fully saturated rings. The number of furan rings is 1. The first-order valence-electron chi connectivity index (χ1n) is 9.79. The zero-order valence-corrected chi connectivity index (χ0v) is 16.9. The number of urea groups is 1. The van der Waals surface area contributed by atoms with Crippen LogP contribution in [0.2, 0.25) is 0 Å². The number of rotatable bonds is 6. The van der Waals surface area contributed by atoms with Gasteiger partial charge in [0.05, 0.1) is 23.8 Å². The van der Waals surface area contributed by atoms with Gasteiger partial charge in [0.1, 0.15) is 12.3 Å². The number of imide groups is 1. The third kappa shape index (κ3) is 4.51. The van der Waals surface area contributed by atoms with Gasteiger partial charge in [0.15, 0.2) is 12.0 Å². The number of fused-ring (bicyclic) bond motifs is 2. The smallest absolute Gasteiger partial charge is 0.326 e. The van der Waals surface area contributed by atoms with Gasteiger partial charge in [-0.15, -0.1) is 0 Å². The number of benzene rings is 2. The molecule has 0 unspecified atom stereocenters. The average Bonchev–Trinajstić information content (AvgIpc) is 3.33. The maximum Gasteiger partial charge on any atom is 0.326 e. The number of carbonyl (C=O) groups excluding carboxylic acids is 3. The topological polar surface area (TPSA) is 120 Å². The number of pyridine rings is 1. The molecule has 0 aliphatic carbocycles. The Bertz CT molecular complexity index is 1300. The van der Waals surface area contributed by atoms with Crippen molar-refractivity contribution >= 4 is 39.7 Å². The zero-order valence-electron chi connectivity index (χ0n) is 16.9. The molecule has 0 aliphatic rings. The highest BCUT2D eigenvalue weighted by Crippen LogP contribution is 2.19. The molecule has 3 amide bonds. The molecular weight excluding hydrogens is 414 g/mol. The Morgan fingerprint density at radius 3 is 2.19 bits per heavy atom. The summed E-state index contributed by atoms with van der Waals surface area (Å²) in [6, 6.07) is 16.5. The van der Waals surface area contributed by atoms with Gasteiger partial charge in [-0.1, -0.05) is 24.3 Å². The van der Waals surface area contributed by atoms with Gasteiger partial charge in [0.25, 0.3) is 5.91 Å². The number of carbonyl (C=O) groups is 3. The molecule has 0 saturated heterocycles. The predicted molar refractivity (Wildman–Crippen MR) is 116 cm³/mol. The molecular formula is C23H19N3O6. The number of amides is 3. The number of para-hydroxylation sites is 2. The second-order valence-corrected chi connectivity index (χ2v) is 6.92. The van der Waals surface area contributed by atoms with E-state index in [1.165, 1.54) is 6.26 Å². The van der Waals surface area contributed by atoms with E-state index in [2.05, 4.69) is 10.6 Å². The van der Waals surface area contributed by atoms with Gasteiger partial charge in [-0.3, -0.25) is 19.7 Å². The van der Waals surface area contributed by atoms with Crippen molar-refractivity contribution in [2.24, 2.45) is 0 Å². The highest BCUT2D eigenvalue weighted by Gasteiger charge is 2.15. The summed E-state index contributed by atoms with van der Waals surface area (Å²) in [6.45, 7) is -0.721. The van der Waals surface area contributed by atoms with E-state index in [9.17, 15) is 19.2 Å². The summed E-state index contributed by atoms with van der Waals surface area (Å²) >= 11 is 0. The number of esters is 1. The average molecular weight is 433 g/mol. The van der Waals surface area contributed by atoms with Crippen LogP contribution in [0.1, 0.15) is 5.76 Å². The molecule has 0 atom stereocenters. The van der Waals surface area contributed by atoms with E-state index in [1.54, 1.807) is 65.2 Å². The minimum Gasteiger partial charge on any atom is -0.467 e. The standard InChI is InChI=1S/C23H19N3O6/c27-20(25-23(30)24-12-15-6-5-11-31-15)14-32-21(28)13-26-18-9-3-1-7-16(18)22(29)17-8-2-4-10-19(17)26/h1-11H,12-14H2,(H2,24,25,27,30). The molecule has 0 saturated carbocycles. The lowest BCUT2D eigenvalue weighted by Crippen LogP contribution is -2.41. The number of nitrogens with zero attached hydrogens (tertiary/aromatic N) is 1. The van der Waals surface area contributed by atoms with Crippen molar-refractivity contribution < 1.29 is 23.5 Å². The van der Waals surface area contributed by atoms with Crippen LogP contribution in [0.5, 0.6) is 0 Å². The summed E-state index contributed by atoms with van der Waals surface area (Å²) in [6.07, 6.45) is 1.47. The van der Waals surface area contributed by atoms with E-state index >= 15 is 0 Å². The lowest BCUT2D eigenvalue weighted by atomic mass is 10.1. The minimum absolute atomic E-state index is 0.110. The third-order valence-corrected chi connectivity index (χ3v) is 4.79. The molecule has 162 valence electrons. The van der Waals surface area contributed by atoms with Crippen LogP contribution in [-0.2, 0) is 27.4 Å². The van der Waals surface area contributed by atoms with E-state index in [-0.39, 0.29) is 18.5 Å². The number of hydrogen-bond donors (Lipinski definition) is 2. The van der Waals surface area contributed by atoms with Crippen molar-refractivity contribution in [3.05, 3.63) is 82.9 Å². The largest absolute Gasteiger partial charge is 0.467 e. The van der Waals surface area contributed by atoms with E-state index in [0.29, 0.717) is 27.6 Å². The fourth-order valence-electron chi connectivity index (χ4n) is 3.36. The van der Waals surface area contributed by atoms with Crippen LogP contribution < -0.4 is 16.1 Å². The molecule has 4 rings (SSSR count). The highest BCUT2D eigenvalue weighted by atomic mass is 16.5. The lowest BCUT2D eigenvalue weighted by Gasteiger charge is -2.14. The molecule has 4 aromatic rings. The van der Waals surface area contributed by atoms with Crippen molar-refractivity contribution in [1.82, 2.24) is 15.2 Å². The van der Waals surface area contributed by atoms with Gasteiger partial charge in [-0.25, -0.2) is 4.79 Å². The number of nitrogens with one attached hydrogen (secondary N) is 2. The normalized spacial score (nSPS) is 10.8. The minimum atomic E-state index is -0.773. The first-order chi connectivity index (χ1) is 15.5. The second kappa shape index (κ2) is 9.17. The maximum atomic E-state index is 12.7. The lowest BCUT2D eigenvalue weighted by molar-refractivity contribution is -0.148. The molecule has 2 aromatic carbocycles. The Hall–Kier alpha value is -4.40. The van der Waals surface area contributed by atoms with Crippen LogP contribution in [0.4, 0.5) is 4.79 Å². The van der Waals surface area contributed by atoms with Crippen molar-refractivity contribution in [3.8, 4) is 0 Å². The Morgan fingerprint density at radius 1 is 0.906 bits per heavy atom. The zero-order chi connectivity index (χ0) is 22.5. The predicted octanol–water partition coefficient (Wildman–Crippen LogP) is 2.32. The summed E-state index contributed by atoms with van der Waals surface area (Å²) in [5.41, 5.74) is 1.03. The third-order valence-electron chi connectivity index (χ3n) is 4.79. The van der Waals surface area contributed by atoms with Crippen molar-refractivity contribution in [1.29, 1.82) is 0 Å². The summed E-state index contributed by atoms with van der Waals surface area (Å²) in [5.74, 6) is -0.931. The second-order valence-electron chi connectivity index (χ2n) is 6.92. The van der Waals surface area contributed by atoms with Gasteiger partial charge in [0.2, 0.25) is 0 Å². The molecule has 9 nitrogen and oxygen atoms in total. The van der Waals surface area contributed by atoms with Crippen LogP contribution in [0, 0.1) is 0 Å². The Labute approximate surface area is 181 Å². The Balaban J connectivity index is 1.41. The Morgan fingerprint density at radius 2 is 1.56 bits per heavy atom. The summed E-state index contributed by atoms with van der Waals surface area (Å²) in [7, 11) is 0. The molecule has 2 heterocycles. The monoisotopic (exact) mass is 433 g/mol. The van der Waals surface area contributed by atoms with Gasteiger partial charge >= 0.3 is 12.0 Å². The first-order valence-corrected chi connectivity index (χ1v) is 9.79. The Kier molecular flexibility index (Phi) is 5.98. The summed E-state index contributed by atoms with van der Waals surface area (Å²) in [5, 5.41) is 5.48. The van der Waals surface area contributed by atoms with Gasteiger partial charge < -0.3 is 19.0 Å².